The third-order valence-corrected chi connectivity index (χ3v) is 3.92. The van der Waals surface area contributed by atoms with Crippen molar-refractivity contribution in [3.8, 4) is 0 Å². The quantitative estimate of drug-likeness (QED) is 0.747. The molecule has 1 aromatic rings. The highest BCUT2D eigenvalue weighted by molar-refractivity contribution is 8.13. The summed E-state index contributed by atoms with van der Waals surface area (Å²) in [6.45, 7) is 0. The van der Waals surface area contributed by atoms with Crippen LogP contribution in [-0.4, -0.2) is 8.42 Å². The Morgan fingerprint density at radius 1 is 1.13 bits per heavy atom. The minimum Gasteiger partial charge on any atom is -0.207 e. The predicted molar refractivity (Wildman–Crippen MR) is 61.3 cm³/mol. The molecule has 0 atom stereocenters. The molecule has 2 rings (SSSR count). The fourth-order valence-electron chi connectivity index (χ4n) is 1.76. The summed E-state index contributed by atoms with van der Waals surface area (Å²) >= 11 is 0. The average molecular weight is 243 g/mol. The molecular weight excluding hydrogens is 232 g/mol. The molecule has 1 aliphatic carbocycles. The monoisotopic (exact) mass is 242 g/mol. The fraction of sp³-hybridized carbons (Fsp3) is 0.273. The van der Waals surface area contributed by atoms with E-state index in [0.717, 1.165) is 18.4 Å². The Kier molecular flexibility index (Phi) is 2.85. The van der Waals surface area contributed by atoms with Gasteiger partial charge in [0, 0.05) is 10.7 Å². The van der Waals surface area contributed by atoms with Gasteiger partial charge in [-0.3, -0.25) is 0 Å². The van der Waals surface area contributed by atoms with E-state index in [2.05, 4.69) is 6.08 Å². The van der Waals surface area contributed by atoms with E-state index in [1.165, 1.54) is 12.0 Å². The molecule has 1 aliphatic rings. The van der Waals surface area contributed by atoms with E-state index >= 15 is 0 Å². The van der Waals surface area contributed by atoms with Crippen molar-refractivity contribution in [1.29, 1.82) is 0 Å². The summed E-state index contributed by atoms with van der Waals surface area (Å²) in [4.78, 5) is 0.159. The second-order valence-corrected chi connectivity index (χ2v) is 6.15. The first kappa shape index (κ1) is 10.7. The zero-order chi connectivity index (χ0) is 10.9. The highest BCUT2D eigenvalue weighted by atomic mass is 35.7. The number of benzene rings is 1. The van der Waals surface area contributed by atoms with Gasteiger partial charge in [0.15, 0.2) is 0 Å². The number of allylic oxidation sites excluding steroid dienone is 2. The van der Waals surface area contributed by atoms with Gasteiger partial charge in [0.2, 0.25) is 0 Å². The van der Waals surface area contributed by atoms with Crippen molar-refractivity contribution in [2.24, 2.45) is 0 Å². The van der Waals surface area contributed by atoms with E-state index < -0.39 is 9.05 Å². The maximum atomic E-state index is 11.0. The highest BCUT2D eigenvalue weighted by Crippen LogP contribution is 2.28. The lowest BCUT2D eigenvalue weighted by molar-refractivity contribution is 0.609. The summed E-state index contributed by atoms with van der Waals surface area (Å²) in [6.07, 6.45) is 5.58. The second kappa shape index (κ2) is 3.99. The third kappa shape index (κ3) is 2.41. The molecule has 0 saturated heterocycles. The number of halogens is 1. The van der Waals surface area contributed by atoms with Gasteiger partial charge in [0.25, 0.3) is 9.05 Å². The summed E-state index contributed by atoms with van der Waals surface area (Å²) in [7, 11) is 1.64. The van der Waals surface area contributed by atoms with Crippen LogP contribution in [-0.2, 0) is 9.05 Å². The van der Waals surface area contributed by atoms with Crippen LogP contribution in [0.15, 0.2) is 35.2 Å². The van der Waals surface area contributed by atoms with Gasteiger partial charge in [-0.15, -0.1) is 0 Å². The number of rotatable bonds is 2. The van der Waals surface area contributed by atoms with Crippen molar-refractivity contribution in [1.82, 2.24) is 0 Å². The van der Waals surface area contributed by atoms with Gasteiger partial charge in [-0.05, 0) is 42.5 Å². The summed E-state index contributed by atoms with van der Waals surface area (Å²) < 4.78 is 22.0. The van der Waals surface area contributed by atoms with Gasteiger partial charge in [-0.2, -0.15) is 0 Å². The molecular formula is C11H11ClO2S. The maximum absolute atomic E-state index is 11.0. The van der Waals surface area contributed by atoms with Crippen LogP contribution >= 0.6 is 10.7 Å². The van der Waals surface area contributed by atoms with E-state index in [1.54, 1.807) is 12.1 Å². The van der Waals surface area contributed by atoms with Crippen molar-refractivity contribution < 1.29 is 8.42 Å². The number of hydrogen-bond acceptors (Lipinski definition) is 2. The van der Waals surface area contributed by atoms with Crippen LogP contribution in [0, 0.1) is 0 Å². The van der Waals surface area contributed by atoms with Crippen molar-refractivity contribution in [3.05, 3.63) is 35.9 Å². The highest BCUT2D eigenvalue weighted by Gasteiger charge is 2.11. The van der Waals surface area contributed by atoms with Crippen LogP contribution in [0.4, 0.5) is 0 Å². The second-order valence-electron chi connectivity index (χ2n) is 3.58. The summed E-state index contributed by atoms with van der Waals surface area (Å²) in [5.74, 6) is 0. The van der Waals surface area contributed by atoms with Crippen molar-refractivity contribution in [2.45, 2.75) is 24.2 Å². The zero-order valence-electron chi connectivity index (χ0n) is 8.11. The predicted octanol–water partition coefficient (Wildman–Crippen LogP) is 3.18. The van der Waals surface area contributed by atoms with Gasteiger partial charge in [-0.25, -0.2) is 8.42 Å². The zero-order valence-corrected chi connectivity index (χ0v) is 9.68. The molecule has 0 saturated carbocycles. The van der Waals surface area contributed by atoms with E-state index in [4.69, 9.17) is 10.7 Å². The molecule has 0 N–H and O–H groups in total. The summed E-state index contributed by atoms with van der Waals surface area (Å²) in [5, 5.41) is 0. The van der Waals surface area contributed by atoms with E-state index in [-0.39, 0.29) is 4.90 Å². The van der Waals surface area contributed by atoms with Gasteiger partial charge >= 0.3 is 0 Å². The van der Waals surface area contributed by atoms with Crippen LogP contribution in [0.25, 0.3) is 5.57 Å². The minimum atomic E-state index is -3.59. The average Bonchev–Trinajstić information content (AvgIpc) is 2.69. The Morgan fingerprint density at radius 2 is 1.80 bits per heavy atom. The molecule has 80 valence electrons. The third-order valence-electron chi connectivity index (χ3n) is 2.55. The fourth-order valence-corrected chi connectivity index (χ4v) is 2.53. The summed E-state index contributed by atoms with van der Waals surface area (Å²) in [5.41, 5.74) is 2.39. The molecule has 15 heavy (non-hydrogen) atoms. The van der Waals surface area contributed by atoms with Gasteiger partial charge in [0.05, 0.1) is 4.90 Å². The molecule has 2 nitrogen and oxygen atoms in total. The first-order valence-electron chi connectivity index (χ1n) is 4.81. The molecule has 4 heteroatoms. The van der Waals surface area contributed by atoms with Crippen LogP contribution in [0.2, 0.25) is 0 Å². The lowest BCUT2D eigenvalue weighted by Gasteiger charge is -2.02. The standard InChI is InChI=1S/C11H11ClO2S/c12-15(13,14)11-7-5-10(6-8-11)9-3-1-2-4-9/h3,5-8H,1-2,4H2. The Labute approximate surface area is 94.0 Å². The van der Waals surface area contributed by atoms with E-state index in [1.807, 2.05) is 12.1 Å². The molecule has 1 aromatic carbocycles. The lowest BCUT2D eigenvalue weighted by Crippen LogP contribution is -1.90. The largest absolute Gasteiger partial charge is 0.261 e. The Bertz CT molecular complexity index is 486. The van der Waals surface area contributed by atoms with Gasteiger partial charge in [-0.1, -0.05) is 18.2 Å². The lowest BCUT2D eigenvalue weighted by atomic mass is 10.1. The van der Waals surface area contributed by atoms with Gasteiger partial charge < -0.3 is 0 Å². The van der Waals surface area contributed by atoms with Crippen LogP contribution < -0.4 is 0 Å². The Hall–Kier alpha value is -0.800. The normalized spacial score (nSPS) is 16.5. The SMILES string of the molecule is O=S(=O)(Cl)c1ccc(C2=CCCC2)cc1. The molecule has 0 radical (unpaired) electrons. The molecule has 0 spiro atoms. The molecule has 0 fully saturated rings. The smallest absolute Gasteiger partial charge is 0.207 e. The van der Waals surface area contributed by atoms with Crippen molar-refractivity contribution >= 4 is 25.3 Å². The maximum Gasteiger partial charge on any atom is 0.261 e. The van der Waals surface area contributed by atoms with E-state index in [9.17, 15) is 8.42 Å². The van der Waals surface area contributed by atoms with Crippen molar-refractivity contribution in [2.75, 3.05) is 0 Å². The first-order valence-corrected chi connectivity index (χ1v) is 7.12. The molecule has 0 amide bonds. The topological polar surface area (TPSA) is 34.1 Å². The first-order chi connectivity index (χ1) is 7.07. The molecule has 0 aromatic heterocycles. The van der Waals surface area contributed by atoms with Gasteiger partial charge in [0.1, 0.15) is 0 Å². The Morgan fingerprint density at radius 3 is 2.27 bits per heavy atom. The Balaban J connectivity index is 2.32. The summed E-state index contributed by atoms with van der Waals surface area (Å²) in [6, 6.07) is 6.73. The molecule has 0 aliphatic heterocycles. The van der Waals surface area contributed by atoms with Crippen LogP contribution in [0.5, 0.6) is 0 Å². The van der Waals surface area contributed by atoms with Crippen LogP contribution in [0.3, 0.4) is 0 Å². The molecule has 0 unspecified atom stereocenters. The van der Waals surface area contributed by atoms with E-state index in [0.29, 0.717) is 0 Å². The minimum absolute atomic E-state index is 0.159. The number of hydrogen-bond donors (Lipinski definition) is 0. The van der Waals surface area contributed by atoms with Crippen LogP contribution in [0.1, 0.15) is 24.8 Å². The molecule has 0 bridgehead atoms. The molecule has 0 heterocycles. The van der Waals surface area contributed by atoms with Crippen molar-refractivity contribution in [3.63, 3.8) is 0 Å².